The number of nitrogens with one attached hydrogen (secondary N) is 1. The Hall–Kier alpha value is -2.26. The van der Waals surface area contributed by atoms with E-state index in [0.29, 0.717) is 44.6 Å². The van der Waals surface area contributed by atoms with Gasteiger partial charge in [-0.2, -0.15) is 18.3 Å². The monoisotopic (exact) mass is 437 g/mol. The highest BCUT2D eigenvalue weighted by molar-refractivity contribution is 5.82. The van der Waals surface area contributed by atoms with Crippen molar-refractivity contribution in [1.82, 2.24) is 24.9 Å². The molecule has 1 aromatic heterocycles. The number of halogens is 3. The van der Waals surface area contributed by atoms with Crippen LogP contribution < -0.4 is 5.32 Å². The first-order valence-electron chi connectivity index (χ1n) is 11.1. The van der Waals surface area contributed by atoms with Crippen molar-refractivity contribution in [2.75, 3.05) is 26.2 Å². The van der Waals surface area contributed by atoms with Crippen molar-refractivity contribution in [1.29, 1.82) is 0 Å². The van der Waals surface area contributed by atoms with Gasteiger partial charge in [-0.15, -0.1) is 0 Å². The first-order chi connectivity index (χ1) is 14.6. The lowest BCUT2D eigenvalue weighted by molar-refractivity contribution is -0.142. The molecule has 3 saturated heterocycles. The molecule has 168 valence electrons. The van der Waals surface area contributed by atoms with Gasteiger partial charge in [0.05, 0.1) is 11.6 Å². The second kappa shape index (κ2) is 6.16. The van der Waals surface area contributed by atoms with Gasteiger partial charge in [0.2, 0.25) is 5.91 Å². The number of carbonyl (C=O) groups is 2. The molecule has 10 heteroatoms. The second-order valence-electron chi connectivity index (χ2n) is 10.5. The minimum atomic E-state index is -4.41. The molecule has 2 aliphatic carbocycles. The molecule has 6 rings (SSSR count). The number of hydrogen-bond acceptors (Lipinski definition) is 3. The van der Waals surface area contributed by atoms with E-state index in [-0.39, 0.29) is 34.9 Å². The van der Waals surface area contributed by atoms with Crippen molar-refractivity contribution in [3.8, 4) is 0 Å². The Morgan fingerprint density at radius 1 is 1.16 bits per heavy atom. The summed E-state index contributed by atoms with van der Waals surface area (Å²) in [4.78, 5) is 27.7. The maximum absolute atomic E-state index is 13.4. The Morgan fingerprint density at radius 2 is 1.84 bits per heavy atom. The maximum atomic E-state index is 13.4. The molecule has 0 bridgehead atoms. The predicted molar refractivity (Wildman–Crippen MR) is 103 cm³/mol. The van der Waals surface area contributed by atoms with Gasteiger partial charge in [0.25, 0.3) is 0 Å². The van der Waals surface area contributed by atoms with E-state index in [4.69, 9.17) is 0 Å². The zero-order valence-corrected chi connectivity index (χ0v) is 17.2. The molecular formula is C21H26F3N5O2. The summed E-state index contributed by atoms with van der Waals surface area (Å²) in [5.74, 6) is 0.281. The molecule has 3 amide bonds. The lowest BCUT2D eigenvalue weighted by Gasteiger charge is -2.61. The molecule has 0 aromatic carbocycles. The van der Waals surface area contributed by atoms with E-state index < -0.39 is 11.9 Å². The fourth-order valence-corrected chi connectivity index (χ4v) is 6.15. The van der Waals surface area contributed by atoms with E-state index in [9.17, 15) is 22.8 Å². The standard InChI is InChI=1S/C21H26F3N5O2/c22-21(23,24)17-14(8-29(26-17)15-1-2-15)5-13-6-19(7-13)9-27(10-19)18(31)28-11-20(12-28)4-3-16(30)25-20/h8,13,15H,1-7,9-12H2,(H,25,30). The largest absolute Gasteiger partial charge is 0.435 e. The average molecular weight is 437 g/mol. The molecule has 5 fully saturated rings. The van der Waals surface area contributed by atoms with Crippen LogP contribution in [0.2, 0.25) is 0 Å². The van der Waals surface area contributed by atoms with Crippen molar-refractivity contribution < 1.29 is 22.8 Å². The van der Waals surface area contributed by atoms with Gasteiger partial charge in [0, 0.05) is 49.8 Å². The highest BCUT2D eigenvalue weighted by atomic mass is 19.4. The van der Waals surface area contributed by atoms with Crippen LogP contribution in [0.15, 0.2) is 6.20 Å². The van der Waals surface area contributed by atoms with E-state index in [0.717, 1.165) is 32.1 Å². The molecule has 1 N–H and O–H groups in total. The van der Waals surface area contributed by atoms with Gasteiger partial charge in [-0.05, 0) is 44.4 Å². The van der Waals surface area contributed by atoms with Gasteiger partial charge in [0.15, 0.2) is 5.69 Å². The van der Waals surface area contributed by atoms with E-state index in [1.807, 2.05) is 4.90 Å². The van der Waals surface area contributed by atoms with Crippen LogP contribution in [0, 0.1) is 11.3 Å². The van der Waals surface area contributed by atoms with Crippen LogP contribution in [0.3, 0.4) is 0 Å². The number of aromatic nitrogens is 2. The summed E-state index contributed by atoms with van der Waals surface area (Å²) < 4.78 is 41.7. The van der Waals surface area contributed by atoms with Crippen molar-refractivity contribution in [2.24, 2.45) is 11.3 Å². The lowest BCUT2D eigenvalue weighted by Crippen LogP contribution is -2.73. The van der Waals surface area contributed by atoms with Gasteiger partial charge in [-0.1, -0.05) is 0 Å². The zero-order chi connectivity index (χ0) is 21.6. The second-order valence-corrected chi connectivity index (χ2v) is 10.5. The molecule has 5 aliphatic rings. The average Bonchev–Trinajstić information content (AvgIpc) is 3.23. The summed E-state index contributed by atoms with van der Waals surface area (Å²) in [5.41, 5.74) is -0.541. The molecule has 0 atom stereocenters. The number of carbonyl (C=O) groups excluding carboxylic acids is 2. The summed E-state index contributed by atoms with van der Waals surface area (Å²) >= 11 is 0. The molecule has 3 aliphatic heterocycles. The highest BCUT2D eigenvalue weighted by Crippen LogP contribution is 2.54. The van der Waals surface area contributed by atoms with Gasteiger partial charge in [-0.25, -0.2) is 4.79 Å². The van der Waals surface area contributed by atoms with Crippen molar-refractivity contribution in [3.05, 3.63) is 17.5 Å². The first kappa shape index (κ1) is 19.4. The molecule has 1 aromatic rings. The summed E-state index contributed by atoms with van der Waals surface area (Å²) in [6.45, 7) is 2.53. The van der Waals surface area contributed by atoms with Gasteiger partial charge >= 0.3 is 12.2 Å². The van der Waals surface area contributed by atoms with Crippen molar-refractivity contribution in [3.63, 3.8) is 0 Å². The molecule has 0 radical (unpaired) electrons. The molecular weight excluding hydrogens is 411 g/mol. The van der Waals surface area contributed by atoms with Crippen LogP contribution in [-0.4, -0.2) is 63.2 Å². The molecule has 4 heterocycles. The SMILES string of the molecule is O=C1CCC2(CN(C(=O)N3CC4(CC(Cc5cn(C6CC6)nc5C(F)(F)F)C4)C3)C2)N1. The molecule has 0 unspecified atom stereocenters. The van der Waals surface area contributed by atoms with E-state index >= 15 is 0 Å². The third-order valence-corrected chi connectivity index (χ3v) is 7.77. The Kier molecular flexibility index (Phi) is 3.86. The Balaban J connectivity index is 1.01. The van der Waals surface area contributed by atoms with E-state index in [1.54, 1.807) is 11.1 Å². The Bertz CT molecular complexity index is 933. The fourth-order valence-electron chi connectivity index (χ4n) is 6.15. The summed E-state index contributed by atoms with van der Waals surface area (Å²) in [7, 11) is 0. The number of alkyl halides is 3. The minimum Gasteiger partial charge on any atom is -0.347 e. The quantitative estimate of drug-likeness (QED) is 0.790. The summed E-state index contributed by atoms with van der Waals surface area (Å²) in [6, 6.07) is 0.151. The lowest BCUT2D eigenvalue weighted by atomic mass is 9.56. The van der Waals surface area contributed by atoms with E-state index in [1.165, 1.54) is 4.68 Å². The molecule has 2 spiro atoms. The topological polar surface area (TPSA) is 70.5 Å². The maximum Gasteiger partial charge on any atom is 0.435 e. The third kappa shape index (κ3) is 3.20. The van der Waals surface area contributed by atoms with Crippen LogP contribution >= 0.6 is 0 Å². The fraction of sp³-hybridized carbons (Fsp3) is 0.762. The summed E-state index contributed by atoms with van der Waals surface area (Å²) in [6.07, 6.45) is 2.45. The van der Waals surface area contributed by atoms with Gasteiger partial charge in [-0.3, -0.25) is 9.48 Å². The number of likely N-dealkylation sites (tertiary alicyclic amines) is 2. The van der Waals surface area contributed by atoms with Gasteiger partial charge in [0.1, 0.15) is 0 Å². The molecule has 31 heavy (non-hydrogen) atoms. The van der Waals surface area contributed by atoms with Crippen LogP contribution in [-0.2, 0) is 17.4 Å². The van der Waals surface area contributed by atoms with Gasteiger partial charge < -0.3 is 15.1 Å². The Labute approximate surface area is 177 Å². The minimum absolute atomic E-state index is 0.0194. The van der Waals surface area contributed by atoms with Crippen LogP contribution in [0.25, 0.3) is 0 Å². The van der Waals surface area contributed by atoms with Crippen LogP contribution in [0.1, 0.15) is 55.8 Å². The zero-order valence-electron chi connectivity index (χ0n) is 17.2. The molecule has 7 nitrogen and oxygen atoms in total. The third-order valence-electron chi connectivity index (χ3n) is 7.77. The van der Waals surface area contributed by atoms with Crippen LogP contribution in [0.4, 0.5) is 18.0 Å². The number of nitrogens with zero attached hydrogens (tertiary/aromatic N) is 4. The van der Waals surface area contributed by atoms with Crippen LogP contribution in [0.5, 0.6) is 0 Å². The molecule has 2 saturated carbocycles. The van der Waals surface area contributed by atoms with E-state index in [2.05, 4.69) is 10.4 Å². The Morgan fingerprint density at radius 3 is 2.42 bits per heavy atom. The smallest absolute Gasteiger partial charge is 0.347 e. The highest BCUT2D eigenvalue weighted by Gasteiger charge is 2.57. The number of amides is 3. The number of hydrogen-bond donors (Lipinski definition) is 1. The number of rotatable bonds is 3. The summed E-state index contributed by atoms with van der Waals surface area (Å²) in [5, 5.41) is 6.82. The van der Waals surface area contributed by atoms with Crippen molar-refractivity contribution in [2.45, 2.75) is 62.7 Å². The predicted octanol–water partition coefficient (Wildman–Crippen LogP) is 2.58. The first-order valence-corrected chi connectivity index (χ1v) is 11.1. The normalized spacial score (nSPS) is 26.6. The van der Waals surface area contributed by atoms with Crippen molar-refractivity contribution >= 4 is 11.9 Å². The number of urea groups is 1.